The molecule has 1 amide bonds. The fraction of sp³-hybridized carbons (Fsp3) is 0.889. The standard InChI is InChI=1S/C9H13F3N2O/c1-13-6-2-5-14(7(6)15)8(3-4-8)9(10,11)12/h6,13H,2-5H2,1H3. The summed E-state index contributed by atoms with van der Waals surface area (Å²) in [4.78, 5) is 12.6. The Hall–Kier alpha value is -0.780. The van der Waals surface area contributed by atoms with Crippen molar-refractivity contribution in [2.24, 2.45) is 0 Å². The number of halogens is 3. The van der Waals surface area contributed by atoms with Crippen LogP contribution in [0.5, 0.6) is 0 Å². The van der Waals surface area contributed by atoms with Crippen molar-refractivity contribution in [3.05, 3.63) is 0 Å². The first-order valence-corrected chi connectivity index (χ1v) is 4.98. The van der Waals surface area contributed by atoms with Gasteiger partial charge in [-0.3, -0.25) is 4.79 Å². The maximum absolute atomic E-state index is 12.7. The molecule has 6 heteroatoms. The average Bonchev–Trinajstić information content (AvgIpc) is 2.86. The number of amides is 1. The van der Waals surface area contributed by atoms with Crippen LogP contribution >= 0.6 is 0 Å². The Labute approximate surface area is 85.6 Å². The number of alkyl halides is 3. The predicted octanol–water partition coefficient (Wildman–Crippen LogP) is 0.902. The number of rotatable bonds is 2. The van der Waals surface area contributed by atoms with E-state index in [1.807, 2.05) is 0 Å². The van der Waals surface area contributed by atoms with E-state index in [9.17, 15) is 18.0 Å². The summed E-state index contributed by atoms with van der Waals surface area (Å²) in [7, 11) is 1.60. The number of carbonyl (C=O) groups excluding carboxylic acids is 1. The molecule has 1 aliphatic carbocycles. The Bertz CT molecular complexity index is 286. The minimum Gasteiger partial charge on any atom is -0.326 e. The third kappa shape index (κ3) is 1.42. The molecule has 1 heterocycles. The van der Waals surface area contributed by atoms with Crippen molar-refractivity contribution in [3.63, 3.8) is 0 Å². The van der Waals surface area contributed by atoms with Crippen LogP contribution in [0.1, 0.15) is 19.3 Å². The van der Waals surface area contributed by atoms with Gasteiger partial charge in [0.25, 0.3) is 0 Å². The molecule has 15 heavy (non-hydrogen) atoms. The molecule has 0 aromatic heterocycles. The number of hydrogen-bond acceptors (Lipinski definition) is 2. The van der Waals surface area contributed by atoms with Crippen molar-refractivity contribution in [2.75, 3.05) is 13.6 Å². The van der Waals surface area contributed by atoms with Crippen molar-refractivity contribution < 1.29 is 18.0 Å². The molecule has 1 atom stereocenters. The molecule has 2 rings (SSSR count). The van der Waals surface area contributed by atoms with Gasteiger partial charge in [0.2, 0.25) is 5.91 Å². The van der Waals surface area contributed by atoms with Crippen molar-refractivity contribution in [1.82, 2.24) is 10.2 Å². The zero-order valence-electron chi connectivity index (χ0n) is 8.40. The summed E-state index contributed by atoms with van der Waals surface area (Å²) < 4.78 is 38.2. The second-order valence-corrected chi connectivity index (χ2v) is 4.15. The Morgan fingerprint density at radius 1 is 1.47 bits per heavy atom. The zero-order chi connectivity index (χ0) is 11.3. The molecule has 1 saturated heterocycles. The molecule has 0 radical (unpaired) electrons. The van der Waals surface area contributed by atoms with Gasteiger partial charge in [0.1, 0.15) is 5.54 Å². The number of hydrogen-bond donors (Lipinski definition) is 1. The molecule has 1 unspecified atom stereocenters. The molecule has 1 N–H and O–H groups in total. The summed E-state index contributed by atoms with van der Waals surface area (Å²) in [6.45, 7) is 0.212. The smallest absolute Gasteiger partial charge is 0.326 e. The van der Waals surface area contributed by atoms with Crippen LogP contribution in [0, 0.1) is 0 Å². The largest absolute Gasteiger partial charge is 0.411 e. The molecule has 0 bridgehead atoms. The van der Waals surface area contributed by atoms with Gasteiger partial charge in [0.15, 0.2) is 0 Å². The van der Waals surface area contributed by atoms with Crippen LogP contribution in [0.25, 0.3) is 0 Å². The van der Waals surface area contributed by atoms with Crippen LogP contribution in [0.4, 0.5) is 13.2 Å². The van der Waals surface area contributed by atoms with E-state index in [1.165, 1.54) is 0 Å². The third-order valence-corrected chi connectivity index (χ3v) is 3.32. The van der Waals surface area contributed by atoms with Crippen LogP contribution in [-0.2, 0) is 4.79 Å². The number of nitrogens with zero attached hydrogens (tertiary/aromatic N) is 1. The summed E-state index contributed by atoms with van der Waals surface area (Å²) in [6, 6.07) is -0.440. The van der Waals surface area contributed by atoms with Crippen molar-refractivity contribution in [3.8, 4) is 0 Å². The fourth-order valence-corrected chi connectivity index (χ4v) is 2.20. The van der Waals surface area contributed by atoms with Crippen LogP contribution in [-0.4, -0.2) is 42.2 Å². The van der Waals surface area contributed by atoms with E-state index in [0.717, 1.165) is 4.90 Å². The highest BCUT2D eigenvalue weighted by Crippen LogP contribution is 2.54. The summed E-state index contributed by atoms with van der Waals surface area (Å²) in [5.41, 5.74) is -1.84. The molecule has 0 aromatic carbocycles. The topological polar surface area (TPSA) is 32.3 Å². The zero-order valence-corrected chi connectivity index (χ0v) is 8.40. The minimum atomic E-state index is -4.29. The van der Waals surface area contributed by atoms with E-state index < -0.39 is 23.7 Å². The van der Waals surface area contributed by atoms with E-state index in [2.05, 4.69) is 5.32 Å². The molecule has 0 spiro atoms. The van der Waals surface area contributed by atoms with Crippen LogP contribution < -0.4 is 5.32 Å². The first-order chi connectivity index (χ1) is 6.92. The van der Waals surface area contributed by atoms with Gasteiger partial charge >= 0.3 is 6.18 Å². The lowest BCUT2D eigenvalue weighted by Crippen LogP contribution is -2.51. The second kappa shape index (κ2) is 3.10. The lowest BCUT2D eigenvalue weighted by molar-refractivity contribution is -0.197. The number of nitrogens with one attached hydrogen (secondary N) is 1. The number of likely N-dealkylation sites (tertiary alicyclic amines) is 1. The van der Waals surface area contributed by atoms with Gasteiger partial charge in [0.05, 0.1) is 6.04 Å². The molecule has 2 fully saturated rings. The Kier molecular flexibility index (Phi) is 2.22. The summed E-state index contributed by atoms with van der Waals surface area (Å²) in [6.07, 6.45) is -3.71. The first kappa shape index (κ1) is 10.7. The second-order valence-electron chi connectivity index (χ2n) is 4.15. The highest BCUT2D eigenvalue weighted by atomic mass is 19.4. The van der Waals surface area contributed by atoms with Crippen molar-refractivity contribution in [1.29, 1.82) is 0 Å². The van der Waals surface area contributed by atoms with Crippen LogP contribution in [0.2, 0.25) is 0 Å². The maximum Gasteiger partial charge on any atom is 0.411 e. The maximum atomic E-state index is 12.7. The third-order valence-electron chi connectivity index (χ3n) is 3.32. The normalized spacial score (nSPS) is 29.7. The van der Waals surface area contributed by atoms with E-state index >= 15 is 0 Å². The predicted molar refractivity (Wildman–Crippen MR) is 47.2 cm³/mol. The van der Waals surface area contributed by atoms with E-state index in [4.69, 9.17) is 0 Å². The highest BCUT2D eigenvalue weighted by molar-refractivity contribution is 5.85. The van der Waals surface area contributed by atoms with Gasteiger partial charge in [-0.05, 0) is 26.3 Å². The Morgan fingerprint density at radius 3 is 2.40 bits per heavy atom. The highest BCUT2D eigenvalue weighted by Gasteiger charge is 2.69. The van der Waals surface area contributed by atoms with Crippen molar-refractivity contribution >= 4 is 5.91 Å². The van der Waals surface area contributed by atoms with Gasteiger partial charge in [-0.1, -0.05) is 0 Å². The van der Waals surface area contributed by atoms with Crippen LogP contribution in [0.3, 0.4) is 0 Å². The summed E-state index contributed by atoms with van der Waals surface area (Å²) in [5.74, 6) is -0.410. The molecule has 1 aliphatic heterocycles. The number of likely N-dealkylation sites (N-methyl/N-ethyl adjacent to an activating group) is 1. The van der Waals surface area contributed by atoms with Crippen LogP contribution in [0.15, 0.2) is 0 Å². The minimum absolute atomic E-state index is 0.0542. The first-order valence-electron chi connectivity index (χ1n) is 4.98. The monoisotopic (exact) mass is 222 g/mol. The Morgan fingerprint density at radius 2 is 2.07 bits per heavy atom. The fourth-order valence-electron chi connectivity index (χ4n) is 2.20. The van der Waals surface area contributed by atoms with Gasteiger partial charge in [0, 0.05) is 6.54 Å². The van der Waals surface area contributed by atoms with Gasteiger partial charge < -0.3 is 10.2 Å². The van der Waals surface area contributed by atoms with Crippen molar-refractivity contribution in [2.45, 2.75) is 37.0 Å². The molecular weight excluding hydrogens is 209 g/mol. The lowest BCUT2D eigenvalue weighted by Gasteiger charge is -2.30. The lowest BCUT2D eigenvalue weighted by atomic mass is 10.2. The number of carbonyl (C=O) groups is 1. The summed E-state index contributed by atoms with van der Waals surface area (Å²) in [5, 5.41) is 2.74. The van der Waals surface area contributed by atoms with Gasteiger partial charge in [-0.2, -0.15) is 13.2 Å². The molecule has 0 aromatic rings. The van der Waals surface area contributed by atoms with E-state index in [0.29, 0.717) is 6.42 Å². The molecule has 2 aliphatic rings. The summed E-state index contributed by atoms with van der Waals surface area (Å²) >= 11 is 0. The quantitative estimate of drug-likeness (QED) is 0.753. The van der Waals surface area contributed by atoms with Gasteiger partial charge in [-0.25, -0.2) is 0 Å². The van der Waals surface area contributed by atoms with E-state index in [1.54, 1.807) is 7.05 Å². The van der Waals surface area contributed by atoms with E-state index in [-0.39, 0.29) is 19.4 Å². The molecule has 3 nitrogen and oxygen atoms in total. The van der Waals surface area contributed by atoms with Gasteiger partial charge in [-0.15, -0.1) is 0 Å². The molecular formula is C9H13F3N2O. The Balaban J connectivity index is 2.17. The average molecular weight is 222 g/mol. The molecule has 86 valence electrons. The molecule has 1 saturated carbocycles. The SMILES string of the molecule is CNC1CCN(C2(C(F)(F)F)CC2)C1=O.